The van der Waals surface area contributed by atoms with E-state index in [0.717, 1.165) is 0 Å². The van der Waals surface area contributed by atoms with E-state index in [1.165, 1.54) is 0 Å². The molecule has 1 atom stereocenters. The number of amides is 4. The quantitative estimate of drug-likeness (QED) is 0.701. The molecule has 124 valence electrons. The van der Waals surface area contributed by atoms with Gasteiger partial charge in [0, 0.05) is 32.4 Å². The molecule has 4 amide bonds. The Kier molecular flexibility index (Phi) is 4.29. The van der Waals surface area contributed by atoms with Crippen LogP contribution in [0.15, 0.2) is 18.3 Å². The number of anilines is 1. The third-order valence-corrected chi connectivity index (χ3v) is 4.08. The molecule has 9 nitrogen and oxygen atoms in total. The van der Waals surface area contributed by atoms with E-state index in [-0.39, 0.29) is 12.3 Å². The van der Waals surface area contributed by atoms with Gasteiger partial charge in [0.15, 0.2) is 0 Å². The van der Waals surface area contributed by atoms with Gasteiger partial charge in [-0.05, 0) is 12.1 Å². The topological polar surface area (TPSA) is 118 Å². The molecule has 0 saturated carbocycles. The first-order valence-electron chi connectivity index (χ1n) is 7.57. The number of imide groups is 1. The predicted molar refractivity (Wildman–Crippen MR) is 82.8 cm³/mol. The van der Waals surface area contributed by atoms with Gasteiger partial charge in [0.1, 0.15) is 17.9 Å². The minimum atomic E-state index is -0.802. The smallest absolute Gasteiger partial charge is 0.322 e. The zero-order valence-electron chi connectivity index (χ0n) is 12.9. The van der Waals surface area contributed by atoms with Crippen LogP contribution in [0.25, 0.3) is 0 Å². The lowest BCUT2D eigenvalue weighted by molar-refractivity contribution is -0.134. The molecule has 1 aromatic rings. The summed E-state index contributed by atoms with van der Waals surface area (Å²) in [5.74, 6) is -0.0350. The number of nitrogens with one attached hydrogen (secondary N) is 2. The fraction of sp³-hybridized carbons (Fsp3) is 0.400. The molecule has 9 heteroatoms. The third kappa shape index (κ3) is 3.12. The lowest BCUT2D eigenvalue weighted by atomic mass is 10.1. The second kappa shape index (κ2) is 6.54. The van der Waals surface area contributed by atoms with Crippen LogP contribution in [0, 0.1) is 11.3 Å². The fourth-order valence-electron chi connectivity index (χ4n) is 2.81. The summed E-state index contributed by atoms with van der Waals surface area (Å²) in [5, 5.41) is 13.7. The largest absolute Gasteiger partial charge is 0.352 e. The standard InChI is InChI=1S/C15H16N6O3/c16-9-10-2-1-3-17-13(10)21-6-4-20(5-7-21)12(22)8-11-14(23)19-15(24)18-11/h1-3,11H,4-8H2,(H2,18,19,23,24)/t11-/m0/s1. The van der Waals surface area contributed by atoms with Crippen molar-refractivity contribution < 1.29 is 14.4 Å². The Morgan fingerprint density at radius 3 is 2.71 bits per heavy atom. The lowest BCUT2D eigenvalue weighted by Crippen LogP contribution is -2.50. The monoisotopic (exact) mass is 328 g/mol. The summed E-state index contributed by atoms with van der Waals surface area (Å²) in [5.41, 5.74) is 0.502. The van der Waals surface area contributed by atoms with Crippen LogP contribution < -0.4 is 15.5 Å². The molecule has 3 rings (SSSR count). The van der Waals surface area contributed by atoms with Gasteiger partial charge in [0.05, 0.1) is 12.0 Å². The Balaban J connectivity index is 1.57. The van der Waals surface area contributed by atoms with E-state index in [0.29, 0.717) is 37.6 Å². The number of rotatable bonds is 3. The van der Waals surface area contributed by atoms with Gasteiger partial charge in [0.25, 0.3) is 5.91 Å². The number of nitrogens with zero attached hydrogens (tertiary/aromatic N) is 4. The van der Waals surface area contributed by atoms with Gasteiger partial charge >= 0.3 is 6.03 Å². The van der Waals surface area contributed by atoms with Crippen molar-refractivity contribution in [3.63, 3.8) is 0 Å². The maximum Gasteiger partial charge on any atom is 0.322 e. The second-order valence-corrected chi connectivity index (χ2v) is 5.57. The predicted octanol–water partition coefficient (Wildman–Crippen LogP) is -0.800. The molecule has 0 bridgehead atoms. The van der Waals surface area contributed by atoms with Crippen LogP contribution in [0.2, 0.25) is 0 Å². The molecule has 24 heavy (non-hydrogen) atoms. The van der Waals surface area contributed by atoms with Crippen molar-refractivity contribution in [3.05, 3.63) is 23.9 Å². The molecular formula is C15H16N6O3. The molecule has 2 aliphatic rings. The Hall–Kier alpha value is -3.15. The van der Waals surface area contributed by atoms with Crippen molar-refractivity contribution in [2.45, 2.75) is 12.5 Å². The number of carbonyl (C=O) groups excluding carboxylic acids is 3. The van der Waals surface area contributed by atoms with E-state index in [1.54, 1.807) is 23.2 Å². The highest BCUT2D eigenvalue weighted by atomic mass is 16.2. The molecular weight excluding hydrogens is 312 g/mol. The molecule has 2 aliphatic heterocycles. The highest BCUT2D eigenvalue weighted by molar-refractivity contribution is 6.05. The minimum absolute atomic E-state index is 0.0510. The summed E-state index contributed by atoms with van der Waals surface area (Å²) in [6.07, 6.45) is 1.58. The van der Waals surface area contributed by atoms with Gasteiger partial charge in [-0.2, -0.15) is 5.26 Å². The molecule has 0 radical (unpaired) electrons. The number of hydrogen-bond donors (Lipinski definition) is 2. The van der Waals surface area contributed by atoms with E-state index < -0.39 is 18.0 Å². The summed E-state index contributed by atoms with van der Waals surface area (Å²) < 4.78 is 0. The first-order chi connectivity index (χ1) is 11.6. The summed E-state index contributed by atoms with van der Waals surface area (Å²) in [6, 6.07) is 4.17. The van der Waals surface area contributed by atoms with E-state index in [4.69, 9.17) is 5.26 Å². The first-order valence-corrected chi connectivity index (χ1v) is 7.57. The summed E-state index contributed by atoms with van der Waals surface area (Å²) in [6.45, 7) is 2.06. The number of nitriles is 1. The number of piperazine rings is 1. The molecule has 0 spiro atoms. The van der Waals surface area contributed by atoms with Crippen molar-refractivity contribution in [2.75, 3.05) is 31.1 Å². The Morgan fingerprint density at radius 1 is 1.33 bits per heavy atom. The maximum atomic E-state index is 12.3. The second-order valence-electron chi connectivity index (χ2n) is 5.57. The minimum Gasteiger partial charge on any atom is -0.352 e. The van der Waals surface area contributed by atoms with Crippen LogP contribution in [-0.4, -0.2) is 60.0 Å². The highest BCUT2D eigenvalue weighted by Gasteiger charge is 2.33. The molecule has 2 fully saturated rings. The van der Waals surface area contributed by atoms with E-state index in [9.17, 15) is 14.4 Å². The Morgan fingerprint density at radius 2 is 2.08 bits per heavy atom. The summed E-state index contributed by atoms with van der Waals surface area (Å²) >= 11 is 0. The Labute approximate surface area is 138 Å². The summed E-state index contributed by atoms with van der Waals surface area (Å²) in [7, 11) is 0. The maximum absolute atomic E-state index is 12.3. The van der Waals surface area contributed by atoms with Crippen LogP contribution in [0.1, 0.15) is 12.0 Å². The number of pyridine rings is 1. The van der Waals surface area contributed by atoms with Gasteiger partial charge < -0.3 is 15.1 Å². The van der Waals surface area contributed by atoms with Gasteiger partial charge in [-0.25, -0.2) is 9.78 Å². The number of urea groups is 1. The van der Waals surface area contributed by atoms with Crippen LogP contribution >= 0.6 is 0 Å². The summed E-state index contributed by atoms with van der Waals surface area (Å²) in [4.78, 5) is 42.7. The van der Waals surface area contributed by atoms with Crippen molar-refractivity contribution in [1.29, 1.82) is 5.26 Å². The lowest BCUT2D eigenvalue weighted by Gasteiger charge is -2.36. The molecule has 3 heterocycles. The van der Waals surface area contributed by atoms with Crippen molar-refractivity contribution in [1.82, 2.24) is 20.5 Å². The van der Waals surface area contributed by atoms with E-state index >= 15 is 0 Å². The van der Waals surface area contributed by atoms with Crippen molar-refractivity contribution in [2.24, 2.45) is 0 Å². The van der Waals surface area contributed by atoms with Crippen molar-refractivity contribution >= 4 is 23.7 Å². The molecule has 0 unspecified atom stereocenters. The average Bonchev–Trinajstić information content (AvgIpc) is 2.92. The molecule has 0 aliphatic carbocycles. The average molecular weight is 328 g/mol. The van der Waals surface area contributed by atoms with Crippen LogP contribution in [0.5, 0.6) is 0 Å². The number of hydrogen-bond acceptors (Lipinski definition) is 6. The molecule has 2 N–H and O–H groups in total. The number of aromatic nitrogens is 1. The normalized spacial score (nSPS) is 20.4. The zero-order chi connectivity index (χ0) is 17.1. The fourth-order valence-corrected chi connectivity index (χ4v) is 2.81. The molecule has 1 aromatic heterocycles. The van der Waals surface area contributed by atoms with Crippen LogP contribution in [0.3, 0.4) is 0 Å². The first kappa shape index (κ1) is 15.7. The van der Waals surface area contributed by atoms with E-state index in [1.807, 2.05) is 4.90 Å². The van der Waals surface area contributed by atoms with Gasteiger partial charge in [-0.15, -0.1) is 0 Å². The van der Waals surface area contributed by atoms with Gasteiger partial charge in [-0.1, -0.05) is 0 Å². The molecule has 2 saturated heterocycles. The van der Waals surface area contributed by atoms with Crippen LogP contribution in [-0.2, 0) is 9.59 Å². The number of carbonyl (C=O) groups is 3. The van der Waals surface area contributed by atoms with Gasteiger partial charge in [0.2, 0.25) is 5.91 Å². The Bertz CT molecular complexity index is 720. The van der Waals surface area contributed by atoms with Crippen LogP contribution in [0.4, 0.5) is 10.6 Å². The highest BCUT2D eigenvalue weighted by Crippen LogP contribution is 2.18. The zero-order valence-corrected chi connectivity index (χ0v) is 12.9. The molecule has 0 aromatic carbocycles. The van der Waals surface area contributed by atoms with E-state index in [2.05, 4.69) is 21.7 Å². The van der Waals surface area contributed by atoms with Gasteiger partial charge in [-0.3, -0.25) is 14.9 Å². The SMILES string of the molecule is N#Cc1cccnc1N1CCN(C(=O)C[C@@H]2NC(=O)NC2=O)CC1. The third-order valence-electron chi connectivity index (χ3n) is 4.08. The van der Waals surface area contributed by atoms with Crippen molar-refractivity contribution in [3.8, 4) is 6.07 Å².